The van der Waals surface area contributed by atoms with Gasteiger partial charge >= 0.3 is 0 Å². The molecular formula is C9H19NO2. The summed E-state index contributed by atoms with van der Waals surface area (Å²) < 4.78 is 0. The Morgan fingerprint density at radius 3 is 2.92 bits per heavy atom. The van der Waals surface area contributed by atoms with Gasteiger partial charge in [-0.05, 0) is 18.8 Å². The number of aliphatic hydroxyl groups excluding tert-OH is 2. The van der Waals surface area contributed by atoms with Crippen molar-refractivity contribution in [1.29, 1.82) is 0 Å². The van der Waals surface area contributed by atoms with E-state index in [2.05, 4.69) is 12.2 Å². The molecule has 0 amide bonds. The first-order valence-electron chi connectivity index (χ1n) is 4.80. The Labute approximate surface area is 73.8 Å². The van der Waals surface area contributed by atoms with Gasteiger partial charge in [-0.2, -0.15) is 0 Å². The Morgan fingerprint density at radius 1 is 1.58 bits per heavy atom. The van der Waals surface area contributed by atoms with Gasteiger partial charge in [0, 0.05) is 12.6 Å². The Morgan fingerprint density at radius 2 is 2.33 bits per heavy atom. The van der Waals surface area contributed by atoms with Crippen molar-refractivity contribution < 1.29 is 10.2 Å². The summed E-state index contributed by atoms with van der Waals surface area (Å²) in [6.45, 7) is 2.58. The summed E-state index contributed by atoms with van der Waals surface area (Å²) in [7, 11) is 0. The van der Waals surface area contributed by atoms with E-state index < -0.39 is 6.10 Å². The van der Waals surface area contributed by atoms with Crippen LogP contribution in [0.3, 0.4) is 0 Å². The van der Waals surface area contributed by atoms with Crippen LogP contribution in [-0.2, 0) is 0 Å². The number of rotatable bonds is 6. The lowest BCUT2D eigenvalue weighted by Crippen LogP contribution is -2.31. The minimum absolute atomic E-state index is 0.141. The minimum atomic E-state index is -0.590. The third-order valence-electron chi connectivity index (χ3n) is 2.41. The molecule has 3 N–H and O–H groups in total. The van der Waals surface area contributed by atoms with Gasteiger partial charge in [-0.1, -0.05) is 13.3 Å². The molecule has 1 fully saturated rings. The Bertz CT molecular complexity index is 130. The summed E-state index contributed by atoms with van der Waals surface area (Å²) in [5.41, 5.74) is 0. The topological polar surface area (TPSA) is 52.5 Å². The normalized spacial score (nSPS) is 30.2. The third kappa shape index (κ3) is 3.09. The molecule has 1 aliphatic rings. The highest BCUT2D eigenvalue weighted by Crippen LogP contribution is 2.34. The molecule has 1 saturated carbocycles. The van der Waals surface area contributed by atoms with E-state index in [1.165, 1.54) is 19.3 Å². The van der Waals surface area contributed by atoms with E-state index in [1.807, 2.05) is 0 Å². The second kappa shape index (κ2) is 4.80. The van der Waals surface area contributed by atoms with Crippen molar-refractivity contribution in [3.05, 3.63) is 0 Å². The maximum absolute atomic E-state index is 9.04. The van der Waals surface area contributed by atoms with Crippen LogP contribution in [0.15, 0.2) is 0 Å². The van der Waals surface area contributed by atoms with Crippen molar-refractivity contribution in [2.75, 3.05) is 13.2 Å². The Hall–Kier alpha value is -0.120. The summed E-state index contributed by atoms with van der Waals surface area (Å²) in [4.78, 5) is 0. The van der Waals surface area contributed by atoms with E-state index in [0.29, 0.717) is 12.6 Å². The van der Waals surface area contributed by atoms with E-state index in [4.69, 9.17) is 10.2 Å². The van der Waals surface area contributed by atoms with Crippen LogP contribution in [0, 0.1) is 5.92 Å². The maximum atomic E-state index is 9.04. The van der Waals surface area contributed by atoms with Crippen molar-refractivity contribution in [2.24, 2.45) is 5.92 Å². The quantitative estimate of drug-likeness (QED) is 0.534. The summed E-state index contributed by atoms with van der Waals surface area (Å²) in [6.07, 6.45) is 3.18. The Kier molecular flexibility index (Phi) is 3.98. The van der Waals surface area contributed by atoms with Crippen molar-refractivity contribution >= 4 is 0 Å². The molecule has 0 radical (unpaired) electrons. The van der Waals surface area contributed by atoms with Crippen LogP contribution in [0.1, 0.15) is 26.2 Å². The average Bonchev–Trinajstić information content (AvgIpc) is 2.80. The second-order valence-electron chi connectivity index (χ2n) is 3.64. The van der Waals surface area contributed by atoms with Crippen molar-refractivity contribution in [3.63, 3.8) is 0 Å². The number of hydrogen-bond acceptors (Lipinski definition) is 3. The van der Waals surface area contributed by atoms with Gasteiger partial charge in [0.15, 0.2) is 0 Å². The van der Waals surface area contributed by atoms with Gasteiger partial charge in [-0.15, -0.1) is 0 Å². The highest BCUT2D eigenvalue weighted by atomic mass is 16.3. The second-order valence-corrected chi connectivity index (χ2v) is 3.64. The molecule has 0 aromatic rings. The standard InChI is InChI=1S/C9H19NO2/c1-2-3-7-4-9(7)10-5-8(12)6-11/h7-12H,2-6H2,1H3/t7?,8-,9?/m0/s1. The van der Waals surface area contributed by atoms with Gasteiger partial charge in [0.2, 0.25) is 0 Å². The molecular weight excluding hydrogens is 154 g/mol. The van der Waals surface area contributed by atoms with Crippen LogP contribution in [-0.4, -0.2) is 35.5 Å². The first kappa shape index (κ1) is 9.96. The highest BCUT2D eigenvalue weighted by Gasteiger charge is 2.35. The first-order valence-corrected chi connectivity index (χ1v) is 4.80. The van der Waals surface area contributed by atoms with Crippen molar-refractivity contribution in [2.45, 2.75) is 38.3 Å². The van der Waals surface area contributed by atoms with Crippen LogP contribution in [0.25, 0.3) is 0 Å². The summed E-state index contributed by atoms with van der Waals surface area (Å²) in [6, 6.07) is 0.603. The lowest BCUT2D eigenvalue weighted by molar-refractivity contribution is 0.0938. The summed E-state index contributed by atoms with van der Waals surface area (Å²) in [5.74, 6) is 0.820. The smallest absolute Gasteiger partial charge is 0.0895 e. The molecule has 3 atom stereocenters. The fourth-order valence-corrected chi connectivity index (χ4v) is 1.54. The van der Waals surface area contributed by atoms with Gasteiger partial charge in [-0.25, -0.2) is 0 Å². The SMILES string of the molecule is CCCC1CC1NC[C@H](O)CO. The van der Waals surface area contributed by atoms with Crippen molar-refractivity contribution in [3.8, 4) is 0 Å². The number of nitrogens with one attached hydrogen (secondary N) is 1. The molecule has 2 unspecified atom stereocenters. The zero-order valence-electron chi connectivity index (χ0n) is 7.66. The van der Waals surface area contributed by atoms with Crippen LogP contribution >= 0.6 is 0 Å². The third-order valence-corrected chi connectivity index (χ3v) is 2.41. The molecule has 0 aliphatic heterocycles. The van der Waals surface area contributed by atoms with Crippen LogP contribution < -0.4 is 5.32 Å². The van der Waals surface area contributed by atoms with E-state index >= 15 is 0 Å². The molecule has 0 saturated heterocycles. The van der Waals surface area contributed by atoms with E-state index in [9.17, 15) is 0 Å². The van der Waals surface area contributed by atoms with Crippen LogP contribution in [0.5, 0.6) is 0 Å². The lowest BCUT2D eigenvalue weighted by Gasteiger charge is -2.07. The Balaban J connectivity index is 1.96. The van der Waals surface area contributed by atoms with Crippen LogP contribution in [0.4, 0.5) is 0 Å². The van der Waals surface area contributed by atoms with Crippen molar-refractivity contribution in [1.82, 2.24) is 5.32 Å². The molecule has 12 heavy (non-hydrogen) atoms. The molecule has 0 heterocycles. The van der Waals surface area contributed by atoms with E-state index in [0.717, 1.165) is 5.92 Å². The highest BCUT2D eigenvalue weighted by molar-refractivity contribution is 4.92. The summed E-state index contributed by atoms with van der Waals surface area (Å²) >= 11 is 0. The molecule has 0 aromatic carbocycles. The summed E-state index contributed by atoms with van der Waals surface area (Å²) in [5, 5.41) is 20.8. The lowest BCUT2D eigenvalue weighted by atomic mass is 10.2. The molecule has 3 nitrogen and oxygen atoms in total. The predicted molar refractivity (Wildman–Crippen MR) is 47.9 cm³/mol. The van der Waals surface area contributed by atoms with Gasteiger partial charge < -0.3 is 15.5 Å². The van der Waals surface area contributed by atoms with Gasteiger partial charge in [0.1, 0.15) is 0 Å². The average molecular weight is 173 g/mol. The first-order chi connectivity index (χ1) is 5.77. The van der Waals surface area contributed by atoms with E-state index in [1.54, 1.807) is 0 Å². The minimum Gasteiger partial charge on any atom is -0.394 e. The monoisotopic (exact) mass is 173 g/mol. The molecule has 72 valence electrons. The van der Waals surface area contributed by atoms with Gasteiger partial charge in [0.25, 0.3) is 0 Å². The zero-order valence-corrected chi connectivity index (χ0v) is 7.66. The maximum Gasteiger partial charge on any atom is 0.0895 e. The molecule has 1 rings (SSSR count). The molecule has 0 spiro atoms. The van der Waals surface area contributed by atoms with Gasteiger partial charge in [0.05, 0.1) is 12.7 Å². The largest absolute Gasteiger partial charge is 0.394 e. The van der Waals surface area contributed by atoms with E-state index in [-0.39, 0.29) is 6.61 Å². The fraction of sp³-hybridized carbons (Fsp3) is 1.00. The fourth-order valence-electron chi connectivity index (χ4n) is 1.54. The molecule has 0 aromatic heterocycles. The number of aliphatic hydroxyl groups is 2. The molecule has 3 heteroatoms. The van der Waals surface area contributed by atoms with Gasteiger partial charge in [-0.3, -0.25) is 0 Å². The molecule has 0 bridgehead atoms. The van der Waals surface area contributed by atoms with Crippen LogP contribution in [0.2, 0.25) is 0 Å². The molecule has 1 aliphatic carbocycles. The number of hydrogen-bond donors (Lipinski definition) is 3. The predicted octanol–water partition coefficient (Wildman–Crippen LogP) is 0.118. The zero-order chi connectivity index (χ0) is 8.97.